The Kier molecular flexibility index (Phi) is 11.2. The first-order valence-corrected chi connectivity index (χ1v) is 8.86. The third-order valence-corrected chi connectivity index (χ3v) is 3.72. The van der Waals surface area contributed by atoms with Crippen LogP contribution in [-0.4, -0.2) is 66.0 Å². The highest BCUT2D eigenvalue weighted by Crippen LogP contribution is 2.02. The van der Waals surface area contributed by atoms with E-state index in [1.165, 1.54) is 6.92 Å². The fourth-order valence-corrected chi connectivity index (χ4v) is 2.07. The Bertz CT molecular complexity index is 590. The number of nitrogens with zero attached hydrogens (tertiary/aromatic N) is 1. The van der Waals surface area contributed by atoms with Crippen molar-refractivity contribution < 1.29 is 24.3 Å². The van der Waals surface area contributed by atoms with Crippen molar-refractivity contribution in [2.45, 2.75) is 51.7 Å². The summed E-state index contributed by atoms with van der Waals surface area (Å²) in [6, 6.07) is -2.87. The van der Waals surface area contributed by atoms with E-state index < -0.39 is 41.8 Å². The molecule has 0 heterocycles. The normalized spacial score (nSPS) is 13.8. The van der Waals surface area contributed by atoms with E-state index in [2.05, 4.69) is 20.9 Å². The molecule has 0 aliphatic heterocycles. The predicted octanol–water partition coefficient (Wildman–Crippen LogP) is -2.79. The molecule has 0 spiro atoms. The fraction of sp³-hybridized carbons (Fsp3) is 0.688. The van der Waals surface area contributed by atoms with Crippen molar-refractivity contribution >= 4 is 29.7 Å². The zero-order chi connectivity index (χ0) is 21.9. The molecule has 0 aromatic carbocycles. The molecular formula is C16H31N7O5. The summed E-state index contributed by atoms with van der Waals surface area (Å²) in [6.45, 7) is 4.67. The van der Waals surface area contributed by atoms with Crippen LogP contribution in [0.5, 0.6) is 0 Å². The molecule has 12 heteroatoms. The maximum Gasteiger partial charge on any atom is 0.325 e. The minimum atomic E-state index is -1.19. The third-order valence-electron chi connectivity index (χ3n) is 3.72. The van der Waals surface area contributed by atoms with Crippen molar-refractivity contribution in [3.8, 4) is 0 Å². The summed E-state index contributed by atoms with van der Waals surface area (Å²) in [5.74, 6) is -3.28. The number of carbonyl (C=O) groups is 4. The van der Waals surface area contributed by atoms with Gasteiger partial charge in [-0.1, -0.05) is 13.8 Å². The Labute approximate surface area is 163 Å². The van der Waals surface area contributed by atoms with E-state index in [0.717, 1.165) is 0 Å². The molecule has 3 amide bonds. The summed E-state index contributed by atoms with van der Waals surface area (Å²) in [7, 11) is 0. The van der Waals surface area contributed by atoms with E-state index in [9.17, 15) is 19.2 Å². The molecule has 0 saturated carbocycles. The van der Waals surface area contributed by atoms with Gasteiger partial charge < -0.3 is 38.3 Å². The number of carboxylic acids is 1. The van der Waals surface area contributed by atoms with Crippen LogP contribution in [0.4, 0.5) is 0 Å². The van der Waals surface area contributed by atoms with E-state index in [0.29, 0.717) is 19.4 Å². The molecule has 0 aliphatic carbocycles. The zero-order valence-corrected chi connectivity index (χ0v) is 16.4. The fourth-order valence-electron chi connectivity index (χ4n) is 2.07. The van der Waals surface area contributed by atoms with Crippen molar-refractivity contribution in [3.63, 3.8) is 0 Å². The molecule has 160 valence electrons. The molecule has 12 nitrogen and oxygen atoms in total. The Morgan fingerprint density at radius 2 is 1.64 bits per heavy atom. The van der Waals surface area contributed by atoms with Crippen LogP contribution in [-0.2, 0) is 19.2 Å². The van der Waals surface area contributed by atoms with Gasteiger partial charge in [-0.15, -0.1) is 0 Å². The van der Waals surface area contributed by atoms with Crippen LogP contribution in [0.15, 0.2) is 4.99 Å². The average molecular weight is 401 g/mol. The zero-order valence-electron chi connectivity index (χ0n) is 16.4. The maximum atomic E-state index is 12.2. The molecule has 3 unspecified atom stereocenters. The van der Waals surface area contributed by atoms with Gasteiger partial charge in [0.25, 0.3) is 0 Å². The number of nitrogens with two attached hydrogens (primary N) is 3. The number of hydrogen-bond acceptors (Lipinski definition) is 6. The Hall–Kier alpha value is -2.89. The molecule has 0 saturated heterocycles. The van der Waals surface area contributed by atoms with Gasteiger partial charge in [-0.25, -0.2) is 0 Å². The summed E-state index contributed by atoms with van der Waals surface area (Å²) in [6.07, 6.45) is 0.824. The summed E-state index contributed by atoms with van der Waals surface area (Å²) in [5, 5.41) is 16.0. The van der Waals surface area contributed by atoms with E-state index in [1.807, 2.05) is 0 Å². The lowest BCUT2D eigenvalue weighted by atomic mass is 10.0. The van der Waals surface area contributed by atoms with Gasteiger partial charge in [-0.05, 0) is 25.7 Å². The highest BCUT2D eigenvalue weighted by atomic mass is 16.4. The number of amides is 3. The quantitative estimate of drug-likeness (QED) is 0.103. The van der Waals surface area contributed by atoms with Crippen molar-refractivity contribution in [1.29, 1.82) is 0 Å². The van der Waals surface area contributed by atoms with Crippen LogP contribution in [0.2, 0.25) is 0 Å². The Morgan fingerprint density at radius 3 is 2.14 bits per heavy atom. The van der Waals surface area contributed by atoms with Gasteiger partial charge in [0.1, 0.15) is 12.1 Å². The topological polar surface area (TPSA) is 215 Å². The Balaban J connectivity index is 4.47. The maximum absolute atomic E-state index is 12.2. The van der Waals surface area contributed by atoms with Crippen molar-refractivity contribution in [1.82, 2.24) is 16.0 Å². The number of hydrogen-bond donors (Lipinski definition) is 7. The second-order valence-electron chi connectivity index (χ2n) is 6.63. The molecule has 28 heavy (non-hydrogen) atoms. The first-order chi connectivity index (χ1) is 13.0. The number of nitrogens with one attached hydrogen (secondary N) is 3. The minimum Gasteiger partial charge on any atom is -0.480 e. The summed E-state index contributed by atoms with van der Waals surface area (Å²) in [4.78, 5) is 50.7. The molecule has 3 atom stereocenters. The molecule has 0 aromatic rings. The van der Waals surface area contributed by atoms with Gasteiger partial charge in [0.2, 0.25) is 17.7 Å². The molecule has 0 aliphatic rings. The molecule has 0 aromatic heterocycles. The van der Waals surface area contributed by atoms with Crippen LogP contribution in [0.1, 0.15) is 33.6 Å². The molecular weight excluding hydrogens is 370 g/mol. The van der Waals surface area contributed by atoms with E-state index in [-0.39, 0.29) is 18.4 Å². The third kappa shape index (κ3) is 10.3. The van der Waals surface area contributed by atoms with E-state index in [1.54, 1.807) is 13.8 Å². The van der Waals surface area contributed by atoms with Crippen LogP contribution >= 0.6 is 0 Å². The van der Waals surface area contributed by atoms with Crippen LogP contribution in [0.25, 0.3) is 0 Å². The van der Waals surface area contributed by atoms with E-state index >= 15 is 0 Å². The van der Waals surface area contributed by atoms with Crippen LogP contribution in [0.3, 0.4) is 0 Å². The lowest BCUT2D eigenvalue weighted by molar-refractivity contribution is -0.142. The number of aliphatic imine (C=N–C) groups is 1. The molecule has 0 radical (unpaired) electrons. The van der Waals surface area contributed by atoms with Crippen LogP contribution < -0.4 is 33.2 Å². The summed E-state index contributed by atoms with van der Waals surface area (Å²) < 4.78 is 0. The smallest absolute Gasteiger partial charge is 0.325 e. The monoisotopic (exact) mass is 401 g/mol. The largest absolute Gasteiger partial charge is 0.480 e. The number of carbonyl (C=O) groups excluding carboxylic acids is 3. The standard InChI is InChI=1S/C16H31N7O5/c1-8(2)12(14(26)22-9(3)15(27)28)23-11(24)7-21-13(25)10(17)5-4-6-20-16(18)19/h8-10,12H,4-7,17H2,1-3H3,(H,21,25)(H,22,26)(H,23,24)(H,27,28)(H4,18,19,20). The number of rotatable bonds is 12. The molecule has 0 bridgehead atoms. The second-order valence-corrected chi connectivity index (χ2v) is 6.63. The first kappa shape index (κ1) is 25.1. The summed E-state index contributed by atoms with van der Waals surface area (Å²) in [5.41, 5.74) is 16.1. The first-order valence-electron chi connectivity index (χ1n) is 8.86. The molecule has 0 fully saturated rings. The van der Waals surface area contributed by atoms with E-state index in [4.69, 9.17) is 22.3 Å². The van der Waals surface area contributed by atoms with Gasteiger partial charge in [-0.3, -0.25) is 24.2 Å². The minimum absolute atomic E-state index is 0.0452. The second kappa shape index (κ2) is 12.5. The SMILES string of the molecule is CC(NC(=O)C(NC(=O)CNC(=O)C(N)CCCN=C(N)N)C(C)C)C(=O)O. The van der Waals surface area contributed by atoms with Gasteiger partial charge in [0, 0.05) is 6.54 Å². The van der Waals surface area contributed by atoms with Gasteiger partial charge >= 0.3 is 5.97 Å². The molecule has 0 rings (SSSR count). The Morgan fingerprint density at radius 1 is 1.04 bits per heavy atom. The number of aliphatic carboxylic acids is 1. The highest BCUT2D eigenvalue weighted by Gasteiger charge is 2.27. The van der Waals surface area contributed by atoms with Gasteiger partial charge in [-0.2, -0.15) is 0 Å². The molecule has 10 N–H and O–H groups in total. The average Bonchev–Trinajstić information content (AvgIpc) is 2.60. The summed E-state index contributed by atoms with van der Waals surface area (Å²) >= 11 is 0. The van der Waals surface area contributed by atoms with Crippen molar-refractivity contribution in [2.24, 2.45) is 28.1 Å². The van der Waals surface area contributed by atoms with Gasteiger partial charge in [0.05, 0.1) is 12.6 Å². The highest BCUT2D eigenvalue weighted by molar-refractivity contribution is 5.92. The van der Waals surface area contributed by atoms with Crippen molar-refractivity contribution in [2.75, 3.05) is 13.1 Å². The lowest BCUT2D eigenvalue weighted by Crippen LogP contribution is -2.55. The predicted molar refractivity (Wildman–Crippen MR) is 103 cm³/mol. The van der Waals surface area contributed by atoms with Crippen LogP contribution in [0, 0.1) is 5.92 Å². The number of carboxylic acid groups (broad SMARTS) is 1. The number of guanidine groups is 1. The van der Waals surface area contributed by atoms with Crippen molar-refractivity contribution in [3.05, 3.63) is 0 Å². The lowest BCUT2D eigenvalue weighted by Gasteiger charge is -2.23. The van der Waals surface area contributed by atoms with Gasteiger partial charge in [0.15, 0.2) is 5.96 Å².